The highest BCUT2D eigenvalue weighted by Gasteiger charge is 2.24. The molecule has 0 saturated carbocycles. The first kappa shape index (κ1) is 11.9. The molecule has 1 nitrogen and oxygen atoms in total. The minimum atomic E-state index is -0.152. The van der Waals surface area contributed by atoms with Gasteiger partial charge in [0.25, 0.3) is 0 Å². The first-order valence-corrected chi connectivity index (χ1v) is 7.08. The molecule has 1 aromatic heterocycles. The molecule has 2 aromatic rings. The summed E-state index contributed by atoms with van der Waals surface area (Å²) in [5.41, 5.74) is 2.68. The number of hydrogen-bond acceptors (Lipinski definition) is 2. The Hall–Kier alpha value is -1.19. The first-order valence-electron chi connectivity index (χ1n) is 6.20. The Balaban J connectivity index is 2.10. The van der Waals surface area contributed by atoms with E-state index in [1.807, 2.05) is 6.07 Å². The second-order valence-corrected chi connectivity index (χ2v) is 5.92. The van der Waals surface area contributed by atoms with Crippen molar-refractivity contribution in [3.05, 3.63) is 41.0 Å². The Labute approximate surface area is 111 Å². The summed E-state index contributed by atoms with van der Waals surface area (Å²) in [5, 5.41) is 3.35. The van der Waals surface area contributed by atoms with Gasteiger partial charge in [0, 0.05) is 16.1 Å². The van der Waals surface area contributed by atoms with E-state index < -0.39 is 0 Å². The van der Waals surface area contributed by atoms with Gasteiger partial charge in [0.1, 0.15) is 5.82 Å². The van der Waals surface area contributed by atoms with E-state index in [0.717, 1.165) is 11.1 Å². The number of rotatable bonds is 2. The Morgan fingerprint density at radius 3 is 2.94 bits per heavy atom. The van der Waals surface area contributed by atoms with Crippen molar-refractivity contribution in [1.29, 1.82) is 0 Å². The van der Waals surface area contributed by atoms with Crippen LogP contribution in [0.15, 0.2) is 29.7 Å². The molecule has 1 aliphatic carbocycles. The van der Waals surface area contributed by atoms with Gasteiger partial charge in [-0.15, -0.1) is 11.3 Å². The fraction of sp³-hybridized carbons (Fsp3) is 0.333. The van der Waals surface area contributed by atoms with Crippen LogP contribution in [0.4, 0.5) is 4.39 Å². The van der Waals surface area contributed by atoms with E-state index in [4.69, 9.17) is 0 Å². The van der Waals surface area contributed by atoms with Crippen molar-refractivity contribution in [1.82, 2.24) is 4.90 Å². The van der Waals surface area contributed by atoms with Gasteiger partial charge in [-0.05, 0) is 55.6 Å². The minimum absolute atomic E-state index is 0.152. The molecule has 1 heterocycles. The fourth-order valence-corrected chi connectivity index (χ4v) is 3.73. The number of likely N-dealkylation sites (N-methyl/N-ethyl adjacent to an activating group) is 1. The predicted molar refractivity (Wildman–Crippen MR) is 76.5 cm³/mol. The Morgan fingerprint density at radius 2 is 2.17 bits per heavy atom. The van der Waals surface area contributed by atoms with Crippen LogP contribution in [0.25, 0.3) is 15.7 Å². The standard InChI is InChI=1S/C15H16FNS/c1-17(2)14-5-3-4-11(14)13-9-18-15-8-10(16)6-7-12(13)15/h4,6-9,14H,3,5H2,1-2H3. The van der Waals surface area contributed by atoms with E-state index in [0.29, 0.717) is 6.04 Å². The van der Waals surface area contributed by atoms with E-state index >= 15 is 0 Å². The van der Waals surface area contributed by atoms with Gasteiger partial charge in [-0.2, -0.15) is 0 Å². The van der Waals surface area contributed by atoms with E-state index in [2.05, 4.69) is 30.5 Å². The predicted octanol–water partition coefficient (Wildman–Crippen LogP) is 4.15. The van der Waals surface area contributed by atoms with Crippen LogP contribution >= 0.6 is 11.3 Å². The third kappa shape index (κ3) is 1.88. The van der Waals surface area contributed by atoms with Gasteiger partial charge in [0.15, 0.2) is 0 Å². The van der Waals surface area contributed by atoms with Crippen molar-refractivity contribution in [3.63, 3.8) is 0 Å². The van der Waals surface area contributed by atoms with Crippen LogP contribution in [-0.4, -0.2) is 25.0 Å². The second kappa shape index (κ2) is 4.48. The molecule has 0 radical (unpaired) electrons. The van der Waals surface area contributed by atoms with Gasteiger partial charge in [-0.1, -0.05) is 12.1 Å². The lowest BCUT2D eigenvalue weighted by molar-refractivity contribution is 0.348. The van der Waals surface area contributed by atoms with Crippen molar-refractivity contribution >= 4 is 27.0 Å². The molecular weight excluding hydrogens is 245 g/mol. The molecule has 3 heteroatoms. The van der Waals surface area contributed by atoms with Gasteiger partial charge in [0.2, 0.25) is 0 Å². The van der Waals surface area contributed by atoms with Gasteiger partial charge >= 0.3 is 0 Å². The smallest absolute Gasteiger partial charge is 0.124 e. The molecule has 1 aliphatic rings. The van der Waals surface area contributed by atoms with Crippen LogP contribution in [-0.2, 0) is 0 Å². The normalized spacial score (nSPS) is 19.8. The molecule has 18 heavy (non-hydrogen) atoms. The lowest BCUT2D eigenvalue weighted by Crippen LogP contribution is -2.26. The van der Waals surface area contributed by atoms with Crippen molar-refractivity contribution < 1.29 is 4.39 Å². The quantitative estimate of drug-likeness (QED) is 0.785. The van der Waals surface area contributed by atoms with Crippen LogP contribution in [0.2, 0.25) is 0 Å². The van der Waals surface area contributed by atoms with E-state index in [9.17, 15) is 4.39 Å². The molecule has 1 unspecified atom stereocenters. The maximum Gasteiger partial charge on any atom is 0.124 e. The molecule has 0 saturated heterocycles. The molecule has 0 fully saturated rings. The zero-order valence-corrected chi connectivity index (χ0v) is 11.4. The topological polar surface area (TPSA) is 3.24 Å². The van der Waals surface area contributed by atoms with Gasteiger partial charge in [0.05, 0.1) is 0 Å². The largest absolute Gasteiger partial charge is 0.302 e. The fourth-order valence-electron chi connectivity index (χ4n) is 2.74. The highest BCUT2D eigenvalue weighted by molar-refractivity contribution is 7.17. The molecule has 0 aliphatic heterocycles. The molecule has 3 rings (SSSR count). The van der Waals surface area contributed by atoms with Crippen molar-refractivity contribution in [2.75, 3.05) is 14.1 Å². The van der Waals surface area contributed by atoms with E-state index in [-0.39, 0.29) is 5.82 Å². The van der Waals surface area contributed by atoms with Crippen LogP contribution in [0.3, 0.4) is 0 Å². The molecule has 0 N–H and O–H groups in total. The summed E-state index contributed by atoms with van der Waals surface area (Å²) in [4.78, 5) is 2.27. The van der Waals surface area contributed by atoms with Crippen LogP contribution in [0.5, 0.6) is 0 Å². The van der Waals surface area contributed by atoms with Crippen molar-refractivity contribution in [2.24, 2.45) is 0 Å². The Morgan fingerprint density at radius 1 is 1.33 bits per heavy atom. The number of thiophene rings is 1. The molecule has 1 atom stereocenters. The number of allylic oxidation sites excluding steroid dienone is 1. The summed E-state index contributed by atoms with van der Waals surface area (Å²) < 4.78 is 14.2. The zero-order chi connectivity index (χ0) is 12.7. The summed E-state index contributed by atoms with van der Waals surface area (Å²) in [5.74, 6) is -0.152. The molecular formula is C15H16FNS. The minimum Gasteiger partial charge on any atom is -0.302 e. The lowest BCUT2D eigenvalue weighted by atomic mass is 10.00. The monoisotopic (exact) mass is 261 g/mol. The summed E-state index contributed by atoms with van der Waals surface area (Å²) >= 11 is 1.63. The second-order valence-electron chi connectivity index (χ2n) is 5.01. The third-order valence-corrected chi connectivity index (χ3v) is 4.58. The summed E-state index contributed by atoms with van der Waals surface area (Å²) in [6.07, 6.45) is 4.65. The van der Waals surface area contributed by atoms with E-state index in [1.54, 1.807) is 23.5 Å². The summed E-state index contributed by atoms with van der Waals surface area (Å²) in [6.45, 7) is 0. The lowest BCUT2D eigenvalue weighted by Gasteiger charge is -2.22. The molecule has 94 valence electrons. The highest BCUT2D eigenvalue weighted by Crippen LogP contribution is 2.38. The number of halogens is 1. The average Bonchev–Trinajstić information content (AvgIpc) is 2.92. The van der Waals surface area contributed by atoms with Crippen LogP contribution in [0, 0.1) is 5.82 Å². The average molecular weight is 261 g/mol. The summed E-state index contributed by atoms with van der Waals surface area (Å²) in [6, 6.07) is 5.58. The Kier molecular flexibility index (Phi) is 2.96. The van der Waals surface area contributed by atoms with E-state index in [1.165, 1.54) is 22.9 Å². The van der Waals surface area contributed by atoms with Crippen LogP contribution < -0.4 is 0 Å². The van der Waals surface area contributed by atoms with Gasteiger partial charge in [-0.25, -0.2) is 4.39 Å². The number of nitrogens with zero attached hydrogens (tertiary/aromatic N) is 1. The van der Waals surface area contributed by atoms with Crippen molar-refractivity contribution in [3.8, 4) is 0 Å². The number of fused-ring (bicyclic) bond motifs is 1. The molecule has 0 spiro atoms. The highest BCUT2D eigenvalue weighted by atomic mass is 32.1. The van der Waals surface area contributed by atoms with Crippen molar-refractivity contribution in [2.45, 2.75) is 18.9 Å². The summed E-state index contributed by atoms with van der Waals surface area (Å²) in [7, 11) is 4.25. The van der Waals surface area contributed by atoms with Crippen LogP contribution in [0.1, 0.15) is 18.4 Å². The number of hydrogen-bond donors (Lipinski definition) is 0. The molecule has 1 aromatic carbocycles. The Bertz CT molecular complexity index is 612. The zero-order valence-electron chi connectivity index (χ0n) is 10.6. The first-order chi connectivity index (χ1) is 8.66. The molecule has 0 bridgehead atoms. The molecule has 0 amide bonds. The number of benzene rings is 1. The SMILES string of the molecule is CN(C)C1CCC=C1c1csc2cc(F)ccc12. The maximum atomic E-state index is 13.2. The van der Waals surface area contributed by atoms with Gasteiger partial charge < -0.3 is 4.90 Å². The van der Waals surface area contributed by atoms with Gasteiger partial charge in [-0.3, -0.25) is 0 Å². The maximum absolute atomic E-state index is 13.2. The third-order valence-electron chi connectivity index (χ3n) is 3.64.